The first kappa shape index (κ1) is 21.0. The molecule has 2 aromatic carbocycles. The molecule has 1 saturated heterocycles. The van der Waals surface area contributed by atoms with Gasteiger partial charge in [-0.15, -0.1) is 0 Å². The Bertz CT molecular complexity index is 898. The van der Waals surface area contributed by atoms with Crippen molar-refractivity contribution in [1.82, 2.24) is 9.47 Å². The number of piperidine rings is 1. The minimum atomic E-state index is 0.653. The van der Waals surface area contributed by atoms with Crippen LogP contribution in [0, 0.1) is 0 Å². The van der Waals surface area contributed by atoms with E-state index in [4.69, 9.17) is 9.47 Å². The lowest BCUT2D eigenvalue weighted by Crippen LogP contribution is -2.34. The van der Waals surface area contributed by atoms with E-state index < -0.39 is 0 Å². The highest BCUT2D eigenvalue weighted by Gasteiger charge is 2.23. The van der Waals surface area contributed by atoms with Gasteiger partial charge in [0.1, 0.15) is 5.75 Å². The highest BCUT2D eigenvalue weighted by atomic mass is 16.5. The van der Waals surface area contributed by atoms with Crippen molar-refractivity contribution in [3.8, 4) is 5.75 Å². The van der Waals surface area contributed by atoms with Gasteiger partial charge in [-0.25, -0.2) is 0 Å². The highest BCUT2D eigenvalue weighted by molar-refractivity contribution is 5.84. The van der Waals surface area contributed by atoms with Crippen molar-refractivity contribution in [2.45, 2.75) is 38.6 Å². The Balaban J connectivity index is 1.29. The summed E-state index contributed by atoms with van der Waals surface area (Å²) < 4.78 is 13.8. The maximum Gasteiger partial charge on any atom is 0.119 e. The first-order valence-electron chi connectivity index (χ1n) is 11.4. The summed E-state index contributed by atoms with van der Waals surface area (Å²) in [6, 6.07) is 19.0. The molecule has 160 valence electrons. The van der Waals surface area contributed by atoms with Crippen LogP contribution in [0.15, 0.2) is 60.8 Å². The molecule has 0 unspecified atom stereocenters. The van der Waals surface area contributed by atoms with Crippen LogP contribution in [-0.4, -0.2) is 48.9 Å². The van der Waals surface area contributed by atoms with E-state index in [0.717, 1.165) is 45.1 Å². The average molecular weight is 407 g/mol. The Hall–Kier alpha value is -2.30. The Morgan fingerprint density at radius 3 is 2.47 bits per heavy atom. The van der Waals surface area contributed by atoms with Crippen LogP contribution >= 0.6 is 0 Å². The van der Waals surface area contributed by atoms with Crippen molar-refractivity contribution >= 4 is 10.9 Å². The van der Waals surface area contributed by atoms with Gasteiger partial charge < -0.3 is 18.9 Å². The lowest BCUT2D eigenvalue weighted by Gasteiger charge is -2.32. The molecule has 1 aromatic heterocycles. The molecule has 1 fully saturated rings. The van der Waals surface area contributed by atoms with Gasteiger partial charge in [0, 0.05) is 36.8 Å². The molecule has 4 heteroatoms. The Morgan fingerprint density at radius 2 is 1.67 bits per heavy atom. The Morgan fingerprint density at radius 1 is 0.900 bits per heavy atom. The van der Waals surface area contributed by atoms with Gasteiger partial charge in [0.25, 0.3) is 0 Å². The number of rotatable bonds is 10. The number of para-hydroxylation sites is 2. The molecule has 0 spiro atoms. The lowest BCUT2D eigenvalue weighted by atomic mass is 9.89. The molecular formula is C26H34N2O2. The second-order valence-electron chi connectivity index (χ2n) is 8.12. The fourth-order valence-electron chi connectivity index (χ4n) is 4.56. The first-order chi connectivity index (χ1) is 14.8. The van der Waals surface area contributed by atoms with Crippen LogP contribution in [0.25, 0.3) is 10.9 Å². The second-order valence-corrected chi connectivity index (χ2v) is 8.12. The van der Waals surface area contributed by atoms with E-state index in [1.165, 1.54) is 42.4 Å². The third-order valence-electron chi connectivity index (χ3n) is 6.16. The van der Waals surface area contributed by atoms with Crippen LogP contribution in [0.1, 0.15) is 37.7 Å². The van der Waals surface area contributed by atoms with E-state index in [0.29, 0.717) is 5.92 Å². The van der Waals surface area contributed by atoms with E-state index in [-0.39, 0.29) is 0 Å². The number of hydrogen-bond acceptors (Lipinski definition) is 3. The van der Waals surface area contributed by atoms with Crippen LogP contribution in [0.3, 0.4) is 0 Å². The monoisotopic (exact) mass is 406 g/mol. The summed E-state index contributed by atoms with van der Waals surface area (Å²) in [5.41, 5.74) is 2.86. The van der Waals surface area contributed by atoms with Gasteiger partial charge >= 0.3 is 0 Å². The van der Waals surface area contributed by atoms with Gasteiger partial charge in [-0.3, -0.25) is 0 Å². The van der Waals surface area contributed by atoms with E-state index >= 15 is 0 Å². The first-order valence-corrected chi connectivity index (χ1v) is 11.4. The van der Waals surface area contributed by atoms with Gasteiger partial charge in [0.15, 0.2) is 0 Å². The average Bonchev–Trinajstić information content (AvgIpc) is 3.17. The zero-order chi connectivity index (χ0) is 20.6. The highest BCUT2D eigenvalue weighted by Crippen LogP contribution is 2.34. The van der Waals surface area contributed by atoms with Gasteiger partial charge in [0.05, 0.1) is 13.2 Å². The maximum absolute atomic E-state index is 5.84. The molecule has 0 amide bonds. The molecule has 0 radical (unpaired) electrons. The van der Waals surface area contributed by atoms with Gasteiger partial charge in [-0.05, 0) is 69.0 Å². The normalized spacial score (nSPS) is 15.6. The van der Waals surface area contributed by atoms with Gasteiger partial charge in [-0.1, -0.05) is 36.4 Å². The van der Waals surface area contributed by atoms with Crippen molar-refractivity contribution < 1.29 is 9.47 Å². The fraction of sp³-hybridized carbons (Fsp3) is 0.462. The van der Waals surface area contributed by atoms with Crippen molar-refractivity contribution in [3.05, 3.63) is 66.4 Å². The molecule has 4 rings (SSSR count). The molecular weight excluding hydrogens is 372 g/mol. The number of likely N-dealkylation sites (tertiary alicyclic amines) is 1. The van der Waals surface area contributed by atoms with Crippen LogP contribution < -0.4 is 4.74 Å². The van der Waals surface area contributed by atoms with Crippen LogP contribution in [0.5, 0.6) is 5.75 Å². The largest absolute Gasteiger partial charge is 0.494 e. The Kier molecular flexibility index (Phi) is 7.44. The predicted molar refractivity (Wildman–Crippen MR) is 123 cm³/mol. The van der Waals surface area contributed by atoms with Crippen LogP contribution in [0.2, 0.25) is 0 Å². The molecule has 30 heavy (non-hydrogen) atoms. The minimum Gasteiger partial charge on any atom is -0.494 e. The predicted octanol–water partition coefficient (Wildman–Crippen LogP) is 5.33. The zero-order valence-electron chi connectivity index (χ0n) is 18.1. The standard InChI is InChI=1S/C26H34N2O2/c1-2-29-20-18-28-21-25(24-11-6-7-12-26(24)28)22-13-16-27(17-14-22)15-8-19-30-23-9-4-3-5-10-23/h3-7,9-12,21-22H,2,8,13-20H2,1H3. The van der Waals surface area contributed by atoms with Crippen LogP contribution in [0.4, 0.5) is 0 Å². The molecule has 0 N–H and O–H groups in total. The number of hydrogen-bond donors (Lipinski definition) is 0. The second kappa shape index (κ2) is 10.6. The summed E-state index contributed by atoms with van der Waals surface area (Å²) >= 11 is 0. The van der Waals surface area contributed by atoms with Gasteiger partial charge in [0.2, 0.25) is 0 Å². The summed E-state index contributed by atoms with van der Waals surface area (Å²) in [6.45, 7) is 8.80. The topological polar surface area (TPSA) is 26.6 Å². The molecule has 3 aromatic rings. The molecule has 2 heterocycles. The third-order valence-corrected chi connectivity index (χ3v) is 6.16. The summed E-state index contributed by atoms with van der Waals surface area (Å²) in [5, 5.41) is 1.42. The summed E-state index contributed by atoms with van der Waals surface area (Å²) in [4.78, 5) is 2.60. The quantitative estimate of drug-likeness (QED) is 0.426. The molecule has 1 aliphatic rings. The summed E-state index contributed by atoms with van der Waals surface area (Å²) in [5.74, 6) is 1.62. The van der Waals surface area contributed by atoms with E-state index in [1.54, 1.807) is 0 Å². The number of benzene rings is 2. The van der Waals surface area contributed by atoms with Crippen LogP contribution in [-0.2, 0) is 11.3 Å². The molecule has 0 bridgehead atoms. The fourth-order valence-corrected chi connectivity index (χ4v) is 4.56. The molecule has 0 aliphatic carbocycles. The lowest BCUT2D eigenvalue weighted by molar-refractivity contribution is 0.140. The Labute approximate surface area is 180 Å². The summed E-state index contributed by atoms with van der Waals surface area (Å²) in [6.07, 6.45) is 5.94. The van der Waals surface area contributed by atoms with Gasteiger partial charge in [-0.2, -0.15) is 0 Å². The number of ether oxygens (including phenoxy) is 2. The smallest absolute Gasteiger partial charge is 0.119 e. The minimum absolute atomic E-state index is 0.653. The SMILES string of the molecule is CCOCCn1cc(C2CCN(CCCOc3ccccc3)CC2)c2ccccc21. The molecule has 0 atom stereocenters. The van der Waals surface area contributed by atoms with E-state index in [1.807, 2.05) is 30.3 Å². The van der Waals surface area contributed by atoms with Crippen molar-refractivity contribution in [1.29, 1.82) is 0 Å². The molecule has 1 aliphatic heterocycles. The number of fused-ring (bicyclic) bond motifs is 1. The molecule has 0 saturated carbocycles. The van der Waals surface area contributed by atoms with Crippen molar-refractivity contribution in [2.75, 3.05) is 39.5 Å². The maximum atomic E-state index is 5.84. The number of nitrogens with zero attached hydrogens (tertiary/aromatic N) is 2. The van der Waals surface area contributed by atoms with Crippen molar-refractivity contribution in [3.63, 3.8) is 0 Å². The zero-order valence-corrected chi connectivity index (χ0v) is 18.1. The molecule has 4 nitrogen and oxygen atoms in total. The third kappa shape index (κ3) is 5.24. The van der Waals surface area contributed by atoms with Crippen molar-refractivity contribution in [2.24, 2.45) is 0 Å². The summed E-state index contributed by atoms with van der Waals surface area (Å²) in [7, 11) is 0. The number of aromatic nitrogens is 1. The van der Waals surface area contributed by atoms with E-state index in [2.05, 4.69) is 46.9 Å². The van der Waals surface area contributed by atoms with E-state index in [9.17, 15) is 0 Å².